The second-order valence-electron chi connectivity index (χ2n) is 11.8. The molecule has 1 aliphatic rings. The number of aromatic nitrogens is 2. The van der Waals surface area contributed by atoms with E-state index in [0.717, 1.165) is 16.7 Å². The number of anilines is 1. The molecule has 13 heteroatoms. The van der Waals surface area contributed by atoms with Crippen molar-refractivity contribution < 1.29 is 38.4 Å². The minimum absolute atomic E-state index is 0.0211. The summed E-state index contributed by atoms with van der Waals surface area (Å²) in [6.45, 7) is 2.80. The fraction of sp³-hybridized carbons (Fsp3) is 0.351. The summed E-state index contributed by atoms with van der Waals surface area (Å²) in [5, 5.41) is 16.8. The van der Waals surface area contributed by atoms with E-state index < -0.39 is 35.8 Å². The number of nitrogens with one attached hydrogen (secondary N) is 2. The van der Waals surface area contributed by atoms with Gasteiger partial charge in [-0.1, -0.05) is 54.6 Å². The van der Waals surface area contributed by atoms with Crippen LogP contribution in [0.3, 0.4) is 0 Å². The molecule has 0 unspecified atom stereocenters. The van der Waals surface area contributed by atoms with Crippen molar-refractivity contribution in [3.8, 4) is 11.5 Å². The average molecular weight is 687 g/mol. The normalized spacial score (nSPS) is 18.8. The number of hydrogen-bond donors (Lipinski definition) is 3. The zero-order valence-corrected chi connectivity index (χ0v) is 28.6. The third-order valence-electron chi connectivity index (χ3n) is 8.57. The molecule has 1 saturated heterocycles. The van der Waals surface area contributed by atoms with Crippen LogP contribution in [0.5, 0.6) is 11.5 Å². The summed E-state index contributed by atoms with van der Waals surface area (Å²) in [7, 11) is 4.70. The van der Waals surface area contributed by atoms with Crippen LogP contribution in [0.2, 0.25) is 0 Å². The van der Waals surface area contributed by atoms with E-state index in [1.165, 1.54) is 24.7 Å². The molecule has 3 N–H and O–H groups in total. The molecule has 13 nitrogen and oxygen atoms in total. The number of carbonyl (C=O) groups excluding carboxylic acids is 2. The second kappa shape index (κ2) is 16.1. The lowest BCUT2D eigenvalue weighted by Crippen LogP contribution is -2.41. The standard InChI is InChI=1S/C37H42N4O9/c1-23-21-41(36(45)40-34(23)39-24(2)42)35-33(48-20-19-31(43)38-3)32(44)30(50-35)22-49-37(25-9-7-6-8-10-25,26-11-15-28(46-4)16-12-26)27-13-17-29(47-5)18-14-27/h6-18,21,30,32-33,35,44H,19-20,22H2,1-5H3,(H,38,43)(H,39,40,42,45)/t30-,32+,33-,35-/m1/s1. The van der Waals surface area contributed by atoms with Crippen LogP contribution in [0.4, 0.5) is 5.82 Å². The highest BCUT2D eigenvalue weighted by Crippen LogP contribution is 2.43. The van der Waals surface area contributed by atoms with Gasteiger partial charge in [-0.05, 0) is 47.9 Å². The number of hydrogen-bond acceptors (Lipinski definition) is 10. The number of aliphatic hydroxyl groups is 1. The van der Waals surface area contributed by atoms with Crippen molar-refractivity contribution in [2.75, 3.05) is 39.8 Å². The van der Waals surface area contributed by atoms with Gasteiger partial charge >= 0.3 is 5.69 Å². The van der Waals surface area contributed by atoms with Gasteiger partial charge in [0.1, 0.15) is 41.2 Å². The molecule has 5 rings (SSSR count). The van der Waals surface area contributed by atoms with Crippen LogP contribution in [0.1, 0.15) is 41.8 Å². The molecule has 0 aliphatic carbocycles. The van der Waals surface area contributed by atoms with Crippen molar-refractivity contribution >= 4 is 17.6 Å². The molecule has 3 aromatic carbocycles. The molecule has 0 radical (unpaired) electrons. The molecule has 4 atom stereocenters. The molecule has 0 saturated carbocycles. The largest absolute Gasteiger partial charge is 0.497 e. The number of ether oxygens (including phenoxy) is 5. The quantitative estimate of drug-likeness (QED) is 0.168. The van der Waals surface area contributed by atoms with Gasteiger partial charge in [0.2, 0.25) is 11.8 Å². The SMILES string of the molecule is CNC(=O)CCO[C@@H]1[C@@H](O)[C@@H](COC(c2ccccc2)(c2ccc(OC)cc2)c2ccc(OC)cc2)O[C@H]1n1cc(C)c(NC(C)=O)nc1=O. The third-order valence-corrected chi connectivity index (χ3v) is 8.57. The van der Waals surface area contributed by atoms with Crippen LogP contribution in [-0.2, 0) is 29.4 Å². The zero-order valence-electron chi connectivity index (χ0n) is 28.6. The van der Waals surface area contributed by atoms with Gasteiger partial charge in [0.05, 0.1) is 27.4 Å². The molecule has 4 aromatic rings. The number of methoxy groups -OCH3 is 2. The number of carbonyl (C=O) groups is 2. The Kier molecular flexibility index (Phi) is 11.6. The van der Waals surface area contributed by atoms with Crippen LogP contribution < -0.4 is 25.8 Å². The Bertz CT molecular complexity index is 1770. The number of amides is 2. The fourth-order valence-corrected chi connectivity index (χ4v) is 6.00. The van der Waals surface area contributed by atoms with Crippen LogP contribution in [0.15, 0.2) is 89.9 Å². The van der Waals surface area contributed by atoms with Gasteiger partial charge < -0.3 is 39.4 Å². The van der Waals surface area contributed by atoms with Gasteiger partial charge in [-0.3, -0.25) is 14.2 Å². The molecule has 0 spiro atoms. The lowest BCUT2D eigenvalue weighted by Gasteiger charge is -2.37. The van der Waals surface area contributed by atoms with Crippen molar-refractivity contribution in [1.29, 1.82) is 0 Å². The highest BCUT2D eigenvalue weighted by molar-refractivity contribution is 5.88. The Morgan fingerprint density at radius 1 is 0.940 bits per heavy atom. The summed E-state index contributed by atoms with van der Waals surface area (Å²) in [5.74, 6) is 0.808. The Hall–Kier alpha value is -5.08. The summed E-state index contributed by atoms with van der Waals surface area (Å²) >= 11 is 0. The van der Waals surface area contributed by atoms with Gasteiger partial charge in [0, 0.05) is 32.2 Å². The Morgan fingerprint density at radius 3 is 2.06 bits per heavy atom. The van der Waals surface area contributed by atoms with Crippen molar-refractivity contribution in [2.45, 2.75) is 50.4 Å². The first-order valence-electron chi connectivity index (χ1n) is 16.1. The molecular weight excluding hydrogens is 644 g/mol. The molecular formula is C37H42N4O9. The first-order chi connectivity index (χ1) is 24.1. The van der Waals surface area contributed by atoms with Gasteiger partial charge in [-0.2, -0.15) is 4.98 Å². The highest BCUT2D eigenvalue weighted by Gasteiger charge is 2.48. The third kappa shape index (κ3) is 7.71. The highest BCUT2D eigenvalue weighted by atomic mass is 16.6. The Morgan fingerprint density at radius 2 is 1.52 bits per heavy atom. The number of rotatable bonds is 14. The van der Waals surface area contributed by atoms with E-state index in [1.807, 2.05) is 78.9 Å². The monoisotopic (exact) mass is 686 g/mol. The lowest BCUT2D eigenvalue weighted by atomic mass is 9.80. The van der Waals surface area contributed by atoms with E-state index in [4.69, 9.17) is 23.7 Å². The first kappa shape index (κ1) is 36.2. The summed E-state index contributed by atoms with van der Waals surface area (Å²) < 4.78 is 31.5. The van der Waals surface area contributed by atoms with E-state index >= 15 is 0 Å². The Balaban J connectivity index is 1.55. The van der Waals surface area contributed by atoms with Crippen LogP contribution in [-0.4, -0.2) is 79.3 Å². The van der Waals surface area contributed by atoms with E-state index in [9.17, 15) is 19.5 Å². The molecule has 264 valence electrons. The second-order valence-corrected chi connectivity index (χ2v) is 11.8. The fourth-order valence-electron chi connectivity index (χ4n) is 6.00. The number of aryl methyl sites for hydroxylation is 1. The summed E-state index contributed by atoms with van der Waals surface area (Å²) in [4.78, 5) is 41.0. The molecule has 2 heterocycles. The molecule has 0 bridgehead atoms. The molecule has 1 aliphatic heterocycles. The summed E-state index contributed by atoms with van der Waals surface area (Å²) in [6.07, 6.45) is -2.99. The maximum absolute atomic E-state index is 13.3. The molecule has 2 amide bonds. The predicted octanol–water partition coefficient (Wildman–Crippen LogP) is 3.32. The van der Waals surface area contributed by atoms with Gasteiger partial charge in [-0.15, -0.1) is 0 Å². The Labute approximate surface area is 290 Å². The van der Waals surface area contributed by atoms with Crippen molar-refractivity contribution in [3.63, 3.8) is 0 Å². The van der Waals surface area contributed by atoms with Gasteiger partial charge in [-0.25, -0.2) is 4.79 Å². The van der Waals surface area contributed by atoms with E-state index in [-0.39, 0.29) is 37.3 Å². The summed E-state index contributed by atoms with van der Waals surface area (Å²) in [5.41, 5.74) is 0.925. The van der Waals surface area contributed by atoms with Crippen LogP contribution >= 0.6 is 0 Å². The van der Waals surface area contributed by atoms with Crippen molar-refractivity contribution in [1.82, 2.24) is 14.9 Å². The van der Waals surface area contributed by atoms with Gasteiger partial charge in [0.15, 0.2) is 6.23 Å². The van der Waals surface area contributed by atoms with Crippen LogP contribution in [0.25, 0.3) is 0 Å². The maximum Gasteiger partial charge on any atom is 0.351 e. The molecule has 1 aromatic heterocycles. The van der Waals surface area contributed by atoms with Gasteiger partial charge in [0.25, 0.3) is 0 Å². The van der Waals surface area contributed by atoms with E-state index in [1.54, 1.807) is 21.1 Å². The summed E-state index contributed by atoms with van der Waals surface area (Å²) in [6, 6.07) is 24.7. The number of aliphatic hydroxyl groups excluding tert-OH is 1. The first-order valence-corrected chi connectivity index (χ1v) is 16.1. The molecule has 1 fully saturated rings. The number of benzene rings is 3. The predicted molar refractivity (Wildman–Crippen MR) is 184 cm³/mol. The minimum Gasteiger partial charge on any atom is -0.497 e. The number of nitrogens with zero attached hydrogens (tertiary/aromatic N) is 2. The van der Waals surface area contributed by atoms with Crippen molar-refractivity contribution in [3.05, 3.63) is 118 Å². The van der Waals surface area contributed by atoms with Crippen LogP contribution in [0, 0.1) is 6.92 Å². The minimum atomic E-state index is -1.29. The maximum atomic E-state index is 13.3. The lowest BCUT2D eigenvalue weighted by molar-refractivity contribution is -0.124. The van der Waals surface area contributed by atoms with E-state index in [0.29, 0.717) is 17.1 Å². The van der Waals surface area contributed by atoms with E-state index in [2.05, 4.69) is 15.6 Å². The van der Waals surface area contributed by atoms with Crippen molar-refractivity contribution in [2.24, 2.45) is 0 Å². The molecule has 50 heavy (non-hydrogen) atoms. The average Bonchev–Trinajstić information content (AvgIpc) is 3.44. The smallest absolute Gasteiger partial charge is 0.351 e. The zero-order chi connectivity index (χ0) is 35.8. The topological polar surface area (TPSA) is 159 Å².